The number of fused-ring (bicyclic) bond motifs is 2. The third-order valence-electron chi connectivity index (χ3n) is 6.09. The van der Waals surface area contributed by atoms with Gasteiger partial charge >= 0.3 is 0 Å². The summed E-state index contributed by atoms with van der Waals surface area (Å²) < 4.78 is 12.9. The van der Waals surface area contributed by atoms with E-state index in [1.165, 1.54) is 24.3 Å². The lowest BCUT2D eigenvalue weighted by molar-refractivity contribution is -0.144. The predicted molar refractivity (Wildman–Crippen MR) is 90.3 cm³/mol. The van der Waals surface area contributed by atoms with E-state index in [0.717, 1.165) is 6.42 Å². The van der Waals surface area contributed by atoms with Crippen molar-refractivity contribution in [3.63, 3.8) is 0 Å². The van der Waals surface area contributed by atoms with Crippen molar-refractivity contribution in [2.24, 2.45) is 16.7 Å². The Kier molecular flexibility index (Phi) is 4.39. The molecule has 2 aliphatic rings. The maximum absolute atomic E-state index is 12.9. The molecule has 1 aromatic rings. The molecule has 0 spiro atoms. The molecule has 0 heterocycles. The molecule has 134 valence electrons. The van der Waals surface area contributed by atoms with Gasteiger partial charge in [-0.05, 0) is 48.4 Å². The number of Topliss-reactive ketones (excluding diaryl/α,β-unsaturated/α-hetero) is 1. The zero-order valence-corrected chi connectivity index (χ0v) is 14.5. The van der Waals surface area contributed by atoms with Gasteiger partial charge in [-0.2, -0.15) is 0 Å². The van der Waals surface area contributed by atoms with E-state index in [1.54, 1.807) is 0 Å². The van der Waals surface area contributed by atoms with E-state index in [2.05, 4.69) is 10.6 Å². The second kappa shape index (κ2) is 6.24. The number of carbonyl (C=O) groups excluding carboxylic acids is 3. The highest BCUT2D eigenvalue weighted by Crippen LogP contribution is 2.63. The van der Waals surface area contributed by atoms with Crippen molar-refractivity contribution < 1.29 is 18.8 Å². The molecular formula is C19H23FN2O3. The second-order valence-corrected chi connectivity index (χ2v) is 7.51. The first kappa shape index (κ1) is 17.6. The van der Waals surface area contributed by atoms with Crippen molar-refractivity contribution in [1.29, 1.82) is 0 Å². The quantitative estimate of drug-likeness (QED) is 0.633. The van der Waals surface area contributed by atoms with Crippen LogP contribution in [0.2, 0.25) is 0 Å². The van der Waals surface area contributed by atoms with Gasteiger partial charge in [0.25, 0.3) is 5.91 Å². The Balaban J connectivity index is 1.52. The highest BCUT2D eigenvalue weighted by Gasteiger charge is 2.67. The Morgan fingerprint density at radius 2 is 1.80 bits per heavy atom. The molecule has 2 bridgehead atoms. The van der Waals surface area contributed by atoms with Crippen LogP contribution < -0.4 is 10.6 Å². The van der Waals surface area contributed by atoms with Crippen molar-refractivity contribution in [3.05, 3.63) is 35.6 Å². The van der Waals surface area contributed by atoms with Crippen molar-refractivity contribution in [3.8, 4) is 0 Å². The molecule has 25 heavy (non-hydrogen) atoms. The van der Waals surface area contributed by atoms with Crippen LogP contribution in [0.4, 0.5) is 4.39 Å². The van der Waals surface area contributed by atoms with E-state index < -0.39 is 11.2 Å². The van der Waals surface area contributed by atoms with Gasteiger partial charge < -0.3 is 10.6 Å². The Morgan fingerprint density at radius 1 is 1.16 bits per heavy atom. The molecule has 0 aromatic heterocycles. The smallest absolute Gasteiger partial charge is 0.251 e. The lowest BCUT2D eigenvalue weighted by Gasteiger charge is -2.34. The number of nitrogens with one attached hydrogen (secondary N) is 2. The van der Waals surface area contributed by atoms with Crippen LogP contribution in [-0.4, -0.2) is 30.7 Å². The van der Waals surface area contributed by atoms with E-state index >= 15 is 0 Å². The largest absolute Gasteiger partial charge is 0.353 e. The first-order chi connectivity index (χ1) is 11.8. The average Bonchev–Trinajstić information content (AvgIpc) is 2.94. The number of hydrogen-bond acceptors (Lipinski definition) is 3. The fourth-order valence-corrected chi connectivity index (χ4v) is 4.42. The van der Waals surface area contributed by atoms with E-state index in [0.29, 0.717) is 18.4 Å². The van der Waals surface area contributed by atoms with Gasteiger partial charge in [0, 0.05) is 25.1 Å². The van der Waals surface area contributed by atoms with E-state index in [4.69, 9.17) is 0 Å². The van der Waals surface area contributed by atoms with Crippen LogP contribution in [-0.2, 0) is 9.59 Å². The van der Waals surface area contributed by atoms with Gasteiger partial charge in [0.1, 0.15) is 17.0 Å². The molecule has 2 amide bonds. The third-order valence-corrected chi connectivity index (χ3v) is 6.09. The Bertz CT molecular complexity index is 714. The number of benzene rings is 1. The van der Waals surface area contributed by atoms with Gasteiger partial charge in [-0.3, -0.25) is 14.4 Å². The molecule has 0 unspecified atom stereocenters. The number of halogens is 1. The summed E-state index contributed by atoms with van der Waals surface area (Å²) in [6.45, 7) is 4.51. The molecule has 0 aliphatic heterocycles. The van der Waals surface area contributed by atoms with Crippen LogP contribution >= 0.6 is 0 Å². The van der Waals surface area contributed by atoms with Crippen LogP contribution in [0.5, 0.6) is 0 Å². The van der Waals surface area contributed by atoms with E-state index in [1.807, 2.05) is 13.8 Å². The summed E-state index contributed by atoms with van der Waals surface area (Å²) in [4.78, 5) is 37.1. The van der Waals surface area contributed by atoms with Gasteiger partial charge in [-0.15, -0.1) is 0 Å². The van der Waals surface area contributed by atoms with E-state index in [9.17, 15) is 18.8 Å². The first-order valence-electron chi connectivity index (χ1n) is 8.64. The zero-order chi connectivity index (χ0) is 18.2. The van der Waals surface area contributed by atoms with Crippen LogP contribution in [0.25, 0.3) is 0 Å². The summed E-state index contributed by atoms with van der Waals surface area (Å²) >= 11 is 0. The molecular weight excluding hydrogens is 323 g/mol. The van der Waals surface area contributed by atoms with E-state index in [-0.39, 0.29) is 42.0 Å². The summed E-state index contributed by atoms with van der Waals surface area (Å²) in [5, 5.41) is 5.49. The highest BCUT2D eigenvalue weighted by molar-refractivity contribution is 6.09. The first-order valence-corrected chi connectivity index (χ1v) is 8.64. The van der Waals surface area contributed by atoms with Gasteiger partial charge in [-0.25, -0.2) is 4.39 Å². The van der Waals surface area contributed by atoms with Crippen molar-refractivity contribution in [2.75, 3.05) is 13.1 Å². The van der Waals surface area contributed by atoms with Gasteiger partial charge in [0.2, 0.25) is 5.91 Å². The number of amides is 2. The second-order valence-electron chi connectivity index (χ2n) is 7.51. The van der Waals surface area contributed by atoms with Gasteiger partial charge in [0.15, 0.2) is 0 Å². The molecule has 2 aliphatic carbocycles. The minimum absolute atomic E-state index is 0.0431. The van der Waals surface area contributed by atoms with Crippen molar-refractivity contribution in [1.82, 2.24) is 10.6 Å². The molecule has 0 saturated heterocycles. The van der Waals surface area contributed by atoms with Gasteiger partial charge in [-0.1, -0.05) is 13.8 Å². The van der Waals surface area contributed by atoms with Crippen LogP contribution in [0.15, 0.2) is 24.3 Å². The normalized spacial score (nSPS) is 26.5. The Labute approximate surface area is 146 Å². The molecule has 3 rings (SSSR count). The third kappa shape index (κ3) is 2.73. The number of hydrogen-bond donors (Lipinski definition) is 2. The van der Waals surface area contributed by atoms with Crippen LogP contribution in [0.1, 0.15) is 43.5 Å². The topological polar surface area (TPSA) is 75.3 Å². The monoisotopic (exact) mass is 346 g/mol. The maximum Gasteiger partial charge on any atom is 0.251 e. The lowest BCUT2D eigenvalue weighted by atomic mass is 9.68. The minimum atomic E-state index is -0.918. The average molecular weight is 346 g/mol. The molecule has 2 fully saturated rings. The number of ketones is 1. The SMILES string of the molecule is CC1(C)[C@H]2CC[C@@]1(C(=O)NCCNC(=O)c1ccc(F)cc1)C(=O)C2. The molecule has 1 aromatic carbocycles. The standard InChI is InChI=1S/C19H23FN2O3/c1-18(2)13-7-8-19(18,15(23)11-13)17(25)22-10-9-21-16(24)12-3-5-14(20)6-4-12/h3-6,13H,7-11H2,1-2H3,(H,21,24)(H,22,25)/t13-,19-/m0/s1. The summed E-state index contributed by atoms with van der Waals surface area (Å²) in [7, 11) is 0. The summed E-state index contributed by atoms with van der Waals surface area (Å²) in [6.07, 6.45) is 2.01. The minimum Gasteiger partial charge on any atom is -0.353 e. The summed E-state index contributed by atoms with van der Waals surface area (Å²) in [5.41, 5.74) is -0.874. The summed E-state index contributed by atoms with van der Waals surface area (Å²) in [6, 6.07) is 5.25. The Morgan fingerprint density at radius 3 is 2.36 bits per heavy atom. The number of rotatable bonds is 5. The predicted octanol–water partition coefficient (Wildman–Crippen LogP) is 2.07. The highest BCUT2D eigenvalue weighted by atomic mass is 19.1. The van der Waals surface area contributed by atoms with Crippen molar-refractivity contribution in [2.45, 2.75) is 33.1 Å². The lowest BCUT2D eigenvalue weighted by Crippen LogP contribution is -2.51. The van der Waals surface area contributed by atoms with Gasteiger partial charge in [0.05, 0.1) is 0 Å². The van der Waals surface area contributed by atoms with Crippen molar-refractivity contribution >= 4 is 17.6 Å². The molecule has 6 heteroatoms. The molecule has 5 nitrogen and oxygen atoms in total. The molecule has 2 atom stereocenters. The zero-order valence-electron chi connectivity index (χ0n) is 14.5. The summed E-state index contributed by atoms with van der Waals surface area (Å²) in [5.74, 6) is -0.628. The fourth-order valence-electron chi connectivity index (χ4n) is 4.42. The fraction of sp³-hybridized carbons (Fsp3) is 0.526. The Hall–Kier alpha value is -2.24. The number of carbonyl (C=O) groups is 3. The molecule has 2 saturated carbocycles. The molecule has 0 radical (unpaired) electrons. The van der Waals surface area contributed by atoms with Crippen LogP contribution in [0, 0.1) is 22.6 Å². The maximum atomic E-state index is 12.9. The van der Waals surface area contributed by atoms with Crippen LogP contribution in [0.3, 0.4) is 0 Å². The molecule has 2 N–H and O–H groups in total.